The Labute approximate surface area is 346 Å². The van der Waals surface area contributed by atoms with Crippen molar-refractivity contribution in [2.75, 3.05) is 13.7 Å². The van der Waals surface area contributed by atoms with Crippen LogP contribution in [0.5, 0.6) is 5.75 Å². The molecule has 8 aromatic rings. The molecular weight excluding hydrogens is 719 g/mol. The van der Waals surface area contributed by atoms with Crippen molar-refractivity contribution in [2.45, 2.75) is 18.0 Å². The molecule has 2 aliphatic rings. The van der Waals surface area contributed by atoms with Crippen LogP contribution in [0.3, 0.4) is 0 Å². The van der Waals surface area contributed by atoms with Crippen LogP contribution in [0.4, 0.5) is 0 Å². The third kappa shape index (κ3) is 6.53. The van der Waals surface area contributed by atoms with Crippen LogP contribution >= 0.6 is 0 Å². The van der Waals surface area contributed by atoms with Gasteiger partial charge in [0.25, 0.3) is 0 Å². The molecule has 2 unspecified atom stereocenters. The van der Waals surface area contributed by atoms with Crippen LogP contribution in [-0.4, -0.2) is 30.2 Å². The van der Waals surface area contributed by atoms with E-state index in [9.17, 15) is 0 Å². The van der Waals surface area contributed by atoms with Crippen molar-refractivity contribution in [3.8, 4) is 28.0 Å². The molecule has 8 aromatic carbocycles. The van der Waals surface area contributed by atoms with Crippen LogP contribution in [0.1, 0.15) is 50.7 Å². The SMILES string of the molecule is CN1C(c2ccccc2C2(c3ccccc3)c3ccccc3CCOc3ccccc32)=NC(c2ccc(-c3ccccc3)cc2)=NC1c1ccc(-c2ccccc2)cc1. The standard InChI is InChI=1S/C55H43N3O/c1-58-53(45-35-31-42(32-36-45)40-19-7-3-8-20-40)56-52(44-33-29-41(30-34-44)39-17-5-2-6-18-39)57-54(58)47-24-12-14-26-49(47)55(46-22-9-4-10-23-46)48-25-13-11-21-43(48)37-38-59-51-28-16-15-27-50(51)55/h2-36,53H,37-38H2,1H3. The monoisotopic (exact) mass is 761 g/mol. The molecule has 2 aliphatic heterocycles. The molecule has 0 saturated carbocycles. The summed E-state index contributed by atoms with van der Waals surface area (Å²) in [4.78, 5) is 13.2. The molecule has 284 valence electrons. The third-order valence-corrected chi connectivity index (χ3v) is 11.8. The van der Waals surface area contributed by atoms with E-state index in [2.05, 4.69) is 224 Å². The summed E-state index contributed by atoms with van der Waals surface area (Å²) in [7, 11) is 2.13. The molecule has 2 atom stereocenters. The van der Waals surface area contributed by atoms with Crippen LogP contribution in [-0.2, 0) is 11.8 Å². The van der Waals surface area contributed by atoms with E-state index in [-0.39, 0.29) is 6.17 Å². The lowest BCUT2D eigenvalue weighted by Gasteiger charge is -2.42. The highest BCUT2D eigenvalue weighted by Crippen LogP contribution is 2.51. The van der Waals surface area contributed by atoms with Gasteiger partial charge in [-0.05, 0) is 56.1 Å². The van der Waals surface area contributed by atoms with Gasteiger partial charge in [-0.25, -0.2) is 9.98 Å². The smallest absolute Gasteiger partial charge is 0.159 e. The molecule has 0 radical (unpaired) electrons. The van der Waals surface area contributed by atoms with Crippen molar-refractivity contribution in [3.05, 3.63) is 257 Å². The quantitative estimate of drug-likeness (QED) is 0.162. The molecule has 0 aliphatic carbocycles. The molecule has 0 aromatic heterocycles. The number of nitrogens with zero attached hydrogens (tertiary/aromatic N) is 3. The average Bonchev–Trinajstić information content (AvgIpc) is 3.31. The number of rotatable bonds is 7. The Morgan fingerprint density at radius 1 is 0.492 bits per heavy atom. The Morgan fingerprint density at radius 2 is 1.00 bits per heavy atom. The van der Waals surface area contributed by atoms with Gasteiger partial charge in [0.15, 0.2) is 5.84 Å². The van der Waals surface area contributed by atoms with Crippen molar-refractivity contribution in [1.29, 1.82) is 0 Å². The molecule has 0 bridgehead atoms. The number of hydrogen-bond acceptors (Lipinski definition) is 4. The highest BCUT2D eigenvalue weighted by molar-refractivity contribution is 6.14. The summed E-state index contributed by atoms with van der Waals surface area (Å²) in [5.41, 5.74) is 12.9. The van der Waals surface area contributed by atoms with E-state index in [4.69, 9.17) is 14.7 Å². The largest absolute Gasteiger partial charge is 0.493 e. The normalized spacial score (nSPS) is 17.3. The van der Waals surface area contributed by atoms with Crippen molar-refractivity contribution in [2.24, 2.45) is 9.98 Å². The molecule has 0 amide bonds. The van der Waals surface area contributed by atoms with Crippen LogP contribution < -0.4 is 4.74 Å². The van der Waals surface area contributed by atoms with Gasteiger partial charge in [-0.1, -0.05) is 206 Å². The predicted molar refractivity (Wildman–Crippen MR) is 241 cm³/mol. The van der Waals surface area contributed by atoms with Gasteiger partial charge in [-0.15, -0.1) is 0 Å². The maximum absolute atomic E-state index is 6.66. The highest BCUT2D eigenvalue weighted by atomic mass is 16.5. The minimum absolute atomic E-state index is 0.336. The Kier molecular flexibility index (Phi) is 9.52. The Bertz CT molecular complexity index is 2750. The summed E-state index contributed by atoms with van der Waals surface area (Å²) in [6, 6.07) is 75.7. The summed E-state index contributed by atoms with van der Waals surface area (Å²) in [6.07, 6.45) is 0.455. The average molecular weight is 762 g/mol. The van der Waals surface area contributed by atoms with E-state index < -0.39 is 5.41 Å². The van der Waals surface area contributed by atoms with Gasteiger partial charge < -0.3 is 9.64 Å². The maximum Gasteiger partial charge on any atom is 0.159 e. The fraction of sp³-hybridized carbons (Fsp3) is 0.0909. The molecule has 0 saturated heterocycles. The molecule has 0 spiro atoms. The zero-order valence-electron chi connectivity index (χ0n) is 32.9. The second-order valence-electron chi connectivity index (χ2n) is 15.2. The molecule has 59 heavy (non-hydrogen) atoms. The number of fused-ring (bicyclic) bond motifs is 2. The summed E-state index contributed by atoms with van der Waals surface area (Å²) in [6.45, 7) is 0.601. The van der Waals surface area contributed by atoms with E-state index in [1.54, 1.807) is 0 Å². The number of ether oxygens (including phenoxy) is 1. The molecule has 4 nitrogen and oxygen atoms in total. The lowest BCUT2D eigenvalue weighted by Crippen LogP contribution is -2.40. The third-order valence-electron chi connectivity index (χ3n) is 11.8. The molecule has 4 heteroatoms. The van der Waals surface area contributed by atoms with E-state index in [1.165, 1.54) is 27.8 Å². The van der Waals surface area contributed by atoms with E-state index >= 15 is 0 Å². The minimum atomic E-state index is -0.742. The first-order chi connectivity index (χ1) is 29.2. The summed E-state index contributed by atoms with van der Waals surface area (Å²) < 4.78 is 6.66. The van der Waals surface area contributed by atoms with Crippen LogP contribution in [0, 0.1) is 0 Å². The first-order valence-electron chi connectivity index (χ1n) is 20.3. The zero-order valence-corrected chi connectivity index (χ0v) is 32.9. The predicted octanol–water partition coefficient (Wildman–Crippen LogP) is 12.2. The second kappa shape index (κ2) is 15.6. The van der Waals surface area contributed by atoms with E-state index in [1.807, 2.05) is 0 Å². The number of aliphatic imine (C=N–C) groups is 2. The van der Waals surface area contributed by atoms with Crippen molar-refractivity contribution < 1.29 is 4.74 Å². The molecule has 0 N–H and O–H groups in total. The lowest BCUT2D eigenvalue weighted by molar-refractivity contribution is 0.311. The highest BCUT2D eigenvalue weighted by Gasteiger charge is 2.45. The summed E-state index contributed by atoms with van der Waals surface area (Å²) in [5.74, 6) is 2.43. The van der Waals surface area contributed by atoms with Gasteiger partial charge in [-0.3, -0.25) is 0 Å². The van der Waals surface area contributed by atoms with Crippen LogP contribution in [0.2, 0.25) is 0 Å². The Balaban J connectivity index is 1.19. The van der Waals surface area contributed by atoms with Gasteiger partial charge >= 0.3 is 0 Å². The zero-order chi connectivity index (χ0) is 39.6. The topological polar surface area (TPSA) is 37.2 Å². The minimum Gasteiger partial charge on any atom is -0.493 e. The van der Waals surface area contributed by atoms with Crippen molar-refractivity contribution in [3.63, 3.8) is 0 Å². The maximum atomic E-state index is 6.66. The second-order valence-corrected chi connectivity index (χ2v) is 15.2. The number of benzene rings is 8. The van der Waals surface area contributed by atoms with Gasteiger partial charge in [0, 0.05) is 30.2 Å². The number of para-hydroxylation sites is 1. The van der Waals surface area contributed by atoms with Gasteiger partial charge in [0.1, 0.15) is 17.8 Å². The fourth-order valence-corrected chi connectivity index (χ4v) is 9.01. The van der Waals surface area contributed by atoms with Crippen LogP contribution in [0.15, 0.2) is 222 Å². The molecule has 10 rings (SSSR count). The number of hydrogen-bond donors (Lipinski definition) is 0. The lowest BCUT2D eigenvalue weighted by atomic mass is 9.62. The number of amidine groups is 2. The van der Waals surface area contributed by atoms with E-state index in [0.717, 1.165) is 57.0 Å². The Morgan fingerprint density at radius 3 is 1.68 bits per heavy atom. The van der Waals surface area contributed by atoms with Gasteiger partial charge in [0.2, 0.25) is 0 Å². The fourth-order valence-electron chi connectivity index (χ4n) is 9.01. The van der Waals surface area contributed by atoms with E-state index in [0.29, 0.717) is 12.4 Å². The first-order valence-corrected chi connectivity index (χ1v) is 20.3. The molecule has 2 heterocycles. The summed E-state index contributed by atoms with van der Waals surface area (Å²) in [5, 5.41) is 0. The summed E-state index contributed by atoms with van der Waals surface area (Å²) >= 11 is 0. The molecular formula is C55H43N3O. The Hall–Kier alpha value is -7.30. The first kappa shape index (κ1) is 36.1. The van der Waals surface area contributed by atoms with Gasteiger partial charge in [0.05, 0.1) is 12.0 Å². The molecule has 0 fully saturated rings. The van der Waals surface area contributed by atoms with Crippen molar-refractivity contribution in [1.82, 2.24) is 4.90 Å². The van der Waals surface area contributed by atoms with Crippen LogP contribution in [0.25, 0.3) is 22.3 Å². The van der Waals surface area contributed by atoms with Crippen molar-refractivity contribution >= 4 is 11.7 Å². The van der Waals surface area contributed by atoms with Gasteiger partial charge in [-0.2, -0.15) is 0 Å².